The van der Waals surface area contributed by atoms with Gasteiger partial charge in [-0.1, -0.05) is 18.2 Å². The molecule has 2 aromatic carbocycles. The van der Waals surface area contributed by atoms with Gasteiger partial charge in [-0.05, 0) is 75.1 Å². The topological polar surface area (TPSA) is 93.7 Å². The van der Waals surface area contributed by atoms with Gasteiger partial charge in [-0.2, -0.15) is 0 Å². The second-order valence-electron chi connectivity index (χ2n) is 7.81. The molecule has 8 heteroatoms. The Hall–Kier alpha value is -2.42. The van der Waals surface area contributed by atoms with E-state index in [2.05, 4.69) is 16.1 Å². The van der Waals surface area contributed by atoms with Crippen molar-refractivity contribution in [3.63, 3.8) is 0 Å². The molecule has 0 atom stereocenters. The van der Waals surface area contributed by atoms with E-state index in [1.165, 1.54) is 18.7 Å². The maximum atomic E-state index is 12.7. The van der Waals surface area contributed by atoms with Crippen molar-refractivity contribution in [1.29, 1.82) is 0 Å². The van der Waals surface area contributed by atoms with E-state index in [-0.39, 0.29) is 10.7 Å². The highest BCUT2D eigenvalue weighted by atomic mass is 32.2. The average molecular weight is 461 g/mol. The number of unbranched alkanes of at least 4 members (excludes halogenated alkanes) is 1. The van der Waals surface area contributed by atoms with Crippen LogP contribution in [0.2, 0.25) is 0 Å². The minimum Gasteiger partial charge on any atom is -0.496 e. The lowest BCUT2D eigenvalue weighted by molar-refractivity contribution is 0.0979. The zero-order chi connectivity index (χ0) is 23.0. The zero-order valence-corrected chi connectivity index (χ0v) is 19.6. The number of ketones is 1. The number of fused-ring (bicyclic) bond motifs is 1. The number of nitrogens with one attached hydrogen (secondary N) is 2. The highest BCUT2D eigenvalue weighted by Gasteiger charge is 2.26. The fraction of sp³-hybridized carbons (Fsp3) is 0.458. The highest BCUT2D eigenvalue weighted by Crippen LogP contribution is 2.34. The number of Topliss-reactive ketones (excluding diaryl/α,β-unsaturated/α-hetero) is 1. The van der Waals surface area contributed by atoms with Crippen molar-refractivity contribution in [1.82, 2.24) is 10.0 Å². The molecule has 0 fully saturated rings. The molecule has 174 valence electrons. The van der Waals surface area contributed by atoms with Gasteiger partial charge in [0.2, 0.25) is 10.0 Å². The normalized spacial score (nSPS) is 12.9. The quantitative estimate of drug-likeness (QED) is 0.352. The van der Waals surface area contributed by atoms with Gasteiger partial charge in [-0.3, -0.25) is 4.79 Å². The molecular weight excluding hydrogens is 428 g/mol. The molecule has 1 aliphatic heterocycles. The minimum atomic E-state index is -3.69. The van der Waals surface area contributed by atoms with Gasteiger partial charge in [-0.15, -0.1) is 0 Å². The monoisotopic (exact) mass is 460 g/mol. The van der Waals surface area contributed by atoms with Crippen molar-refractivity contribution in [2.45, 2.75) is 43.4 Å². The standard InChI is InChI=1S/C24H32N2O5S/c1-25-32(28,29)23-17-20(16-19-12-15-31-24(19)23)21(27)10-5-6-13-26-14-7-9-18-8-3-4-11-22(18)30-2/h3-4,8,11,16-17,25-26H,5-7,9-10,12-15H2,1-2H3. The van der Waals surface area contributed by atoms with Gasteiger partial charge in [-0.25, -0.2) is 13.1 Å². The summed E-state index contributed by atoms with van der Waals surface area (Å²) < 4.78 is 37.8. The molecule has 0 radical (unpaired) electrons. The predicted octanol–water partition coefficient (Wildman–Crippen LogP) is 3.11. The van der Waals surface area contributed by atoms with Crippen LogP contribution in [0.25, 0.3) is 0 Å². The van der Waals surface area contributed by atoms with E-state index in [9.17, 15) is 13.2 Å². The molecule has 0 unspecified atom stereocenters. The summed E-state index contributed by atoms with van der Waals surface area (Å²) in [6.45, 7) is 2.18. The third kappa shape index (κ3) is 6.09. The van der Waals surface area contributed by atoms with Crippen LogP contribution in [0.1, 0.15) is 47.2 Å². The van der Waals surface area contributed by atoms with Crippen LogP contribution in [0.3, 0.4) is 0 Å². The summed E-state index contributed by atoms with van der Waals surface area (Å²) in [6, 6.07) is 11.3. The van der Waals surface area contributed by atoms with Crippen molar-refractivity contribution in [2.75, 3.05) is 33.9 Å². The molecular formula is C24H32N2O5S. The van der Waals surface area contributed by atoms with Crippen LogP contribution < -0.4 is 19.5 Å². The lowest BCUT2D eigenvalue weighted by atomic mass is 10.0. The van der Waals surface area contributed by atoms with E-state index in [0.29, 0.717) is 30.8 Å². The van der Waals surface area contributed by atoms with Gasteiger partial charge in [0.25, 0.3) is 0 Å². The van der Waals surface area contributed by atoms with Crippen molar-refractivity contribution < 1.29 is 22.7 Å². The summed E-state index contributed by atoms with van der Waals surface area (Å²) in [7, 11) is -0.642. The minimum absolute atomic E-state index is 0.0385. The largest absolute Gasteiger partial charge is 0.496 e. The number of carbonyl (C=O) groups is 1. The molecule has 3 rings (SSSR count). The van der Waals surface area contributed by atoms with Crippen molar-refractivity contribution in [3.05, 3.63) is 53.1 Å². The van der Waals surface area contributed by atoms with Crippen LogP contribution in [0.4, 0.5) is 0 Å². The van der Waals surface area contributed by atoms with Crippen LogP contribution in [-0.2, 0) is 22.9 Å². The number of hydrogen-bond acceptors (Lipinski definition) is 6. The Morgan fingerprint density at radius 2 is 1.91 bits per heavy atom. The predicted molar refractivity (Wildman–Crippen MR) is 124 cm³/mol. The highest BCUT2D eigenvalue weighted by molar-refractivity contribution is 7.89. The number of carbonyl (C=O) groups excluding carboxylic acids is 1. The molecule has 2 N–H and O–H groups in total. The second kappa shape index (κ2) is 11.4. The van der Waals surface area contributed by atoms with Crippen LogP contribution in [-0.4, -0.2) is 48.1 Å². The van der Waals surface area contributed by atoms with Crippen LogP contribution in [0.15, 0.2) is 41.3 Å². The molecule has 7 nitrogen and oxygen atoms in total. The van der Waals surface area contributed by atoms with Gasteiger partial charge in [0, 0.05) is 18.4 Å². The Morgan fingerprint density at radius 1 is 1.12 bits per heavy atom. The first-order valence-electron chi connectivity index (χ1n) is 11.1. The van der Waals surface area contributed by atoms with Gasteiger partial charge >= 0.3 is 0 Å². The van der Waals surface area contributed by atoms with Gasteiger partial charge < -0.3 is 14.8 Å². The Morgan fingerprint density at radius 3 is 2.69 bits per heavy atom. The summed E-state index contributed by atoms with van der Waals surface area (Å²) in [4.78, 5) is 12.7. The summed E-state index contributed by atoms with van der Waals surface area (Å²) in [5.74, 6) is 1.26. The lowest BCUT2D eigenvalue weighted by Crippen LogP contribution is -2.20. The number of benzene rings is 2. The Balaban J connectivity index is 1.41. The van der Waals surface area contributed by atoms with E-state index >= 15 is 0 Å². The van der Waals surface area contributed by atoms with Crippen molar-refractivity contribution in [2.24, 2.45) is 0 Å². The van der Waals surface area contributed by atoms with Gasteiger partial charge in [0.1, 0.15) is 16.4 Å². The third-order valence-electron chi connectivity index (χ3n) is 5.63. The fourth-order valence-electron chi connectivity index (χ4n) is 3.86. The maximum absolute atomic E-state index is 12.7. The van der Waals surface area contributed by atoms with Gasteiger partial charge in [0.15, 0.2) is 5.78 Å². The molecule has 0 aliphatic carbocycles. The number of rotatable bonds is 13. The molecule has 0 saturated carbocycles. The smallest absolute Gasteiger partial charge is 0.244 e. The first kappa shape index (κ1) is 24.2. The van der Waals surface area contributed by atoms with Crippen molar-refractivity contribution >= 4 is 15.8 Å². The molecule has 0 saturated heterocycles. The molecule has 0 bridgehead atoms. The van der Waals surface area contributed by atoms with Gasteiger partial charge in [0.05, 0.1) is 13.7 Å². The third-order valence-corrected chi connectivity index (χ3v) is 7.05. The molecule has 0 spiro atoms. The zero-order valence-electron chi connectivity index (χ0n) is 18.8. The number of sulfonamides is 1. The summed E-state index contributed by atoms with van der Waals surface area (Å²) in [6.07, 6.45) is 4.60. The molecule has 2 aromatic rings. The fourth-order valence-corrected chi connectivity index (χ4v) is 4.80. The first-order chi connectivity index (χ1) is 15.5. The second-order valence-corrected chi connectivity index (χ2v) is 9.67. The summed E-state index contributed by atoms with van der Waals surface area (Å²) >= 11 is 0. The van der Waals surface area contributed by atoms with E-state index < -0.39 is 10.0 Å². The lowest BCUT2D eigenvalue weighted by Gasteiger charge is -2.11. The van der Waals surface area contributed by atoms with Crippen LogP contribution in [0.5, 0.6) is 11.5 Å². The van der Waals surface area contributed by atoms with E-state index in [1.54, 1.807) is 13.2 Å². The van der Waals surface area contributed by atoms with Crippen molar-refractivity contribution in [3.8, 4) is 11.5 Å². The van der Waals surface area contributed by atoms with E-state index in [0.717, 1.165) is 50.1 Å². The van der Waals surface area contributed by atoms with Crippen LogP contribution >= 0.6 is 0 Å². The van der Waals surface area contributed by atoms with Crippen LogP contribution in [0, 0.1) is 0 Å². The summed E-state index contributed by atoms with van der Waals surface area (Å²) in [5.41, 5.74) is 2.43. The SMILES string of the molecule is CNS(=O)(=O)c1cc(C(=O)CCCCNCCCc2ccccc2OC)cc2c1OCC2. The maximum Gasteiger partial charge on any atom is 0.244 e. The Bertz CT molecular complexity index is 1040. The number of hydrogen-bond donors (Lipinski definition) is 2. The molecule has 32 heavy (non-hydrogen) atoms. The molecule has 1 heterocycles. The van der Waals surface area contributed by atoms with E-state index in [1.807, 2.05) is 18.2 Å². The number of methoxy groups -OCH3 is 1. The average Bonchev–Trinajstić information content (AvgIpc) is 3.28. The number of aryl methyl sites for hydroxylation is 1. The Kier molecular flexibility index (Phi) is 8.67. The molecule has 1 aliphatic rings. The first-order valence-corrected chi connectivity index (χ1v) is 12.5. The molecule has 0 amide bonds. The number of para-hydroxylation sites is 1. The molecule has 0 aromatic heterocycles. The summed E-state index contributed by atoms with van der Waals surface area (Å²) in [5, 5.41) is 3.42. The number of ether oxygens (including phenoxy) is 2. The Labute approximate surface area is 190 Å². The van der Waals surface area contributed by atoms with E-state index in [4.69, 9.17) is 9.47 Å².